The lowest BCUT2D eigenvalue weighted by atomic mass is 10.0. The summed E-state index contributed by atoms with van der Waals surface area (Å²) in [5.74, 6) is 0. The number of hydrogen-bond acceptors (Lipinski definition) is 1. The van der Waals surface area contributed by atoms with E-state index in [4.69, 9.17) is 6.57 Å². The van der Waals surface area contributed by atoms with Gasteiger partial charge >= 0.3 is 6.18 Å². The van der Waals surface area contributed by atoms with Crippen LogP contribution in [-0.2, 0) is 12.7 Å². The van der Waals surface area contributed by atoms with Crippen LogP contribution >= 0.6 is 15.9 Å². The van der Waals surface area contributed by atoms with E-state index in [1.807, 2.05) is 13.0 Å². The minimum Gasteiger partial charge on any atom is -0.313 e. The van der Waals surface area contributed by atoms with Gasteiger partial charge in [0.2, 0.25) is 0 Å². The van der Waals surface area contributed by atoms with Crippen molar-refractivity contribution in [2.45, 2.75) is 19.6 Å². The van der Waals surface area contributed by atoms with E-state index in [0.29, 0.717) is 11.1 Å². The molecule has 0 N–H and O–H groups in total. The third kappa shape index (κ3) is 3.87. The van der Waals surface area contributed by atoms with Crippen LogP contribution in [0.25, 0.3) is 16.1 Å². The lowest BCUT2D eigenvalue weighted by Crippen LogP contribution is -2.25. The second-order valence-corrected chi connectivity index (χ2v) is 7.11. The molecule has 0 radical (unpaired) electrons. The molecule has 0 bridgehead atoms. The SMILES string of the molecule is [C-]#[N+]c1c(C(F)(F)F)cc(-c2cccc(C)c2)n(Cc2ccccc2Br)c1=O. The van der Waals surface area contributed by atoms with Crippen molar-refractivity contribution in [2.24, 2.45) is 0 Å². The van der Waals surface area contributed by atoms with Gasteiger partial charge in [-0.05, 0) is 36.2 Å². The highest BCUT2D eigenvalue weighted by Crippen LogP contribution is 2.37. The summed E-state index contributed by atoms with van der Waals surface area (Å²) in [6.45, 7) is 8.98. The van der Waals surface area contributed by atoms with Crippen molar-refractivity contribution in [3.63, 3.8) is 0 Å². The lowest BCUT2D eigenvalue weighted by molar-refractivity contribution is -0.136. The van der Waals surface area contributed by atoms with Crippen molar-refractivity contribution in [1.82, 2.24) is 4.57 Å². The van der Waals surface area contributed by atoms with Gasteiger partial charge in [-0.3, -0.25) is 4.79 Å². The molecule has 0 aliphatic heterocycles. The fourth-order valence-electron chi connectivity index (χ4n) is 2.96. The van der Waals surface area contributed by atoms with E-state index in [-0.39, 0.29) is 12.2 Å². The van der Waals surface area contributed by atoms with Gasteiger partial charge in [-0.1, -0.05) is 57.9 Å². The number of aromatic nitrogens is 1. The second-order valence-electron chi connectivity index (χ2n) is 6.25. The van der Waals surface area contributed by atoms with E-state index in [2.05, 4.69) is 20.8 Å². The van der Waals surface area contributed by atoms with Crippen LogP contribution < -0.4 is 5.56 Å². The molecule has 0 aliphatic rings. The third-order valence-corrected chi connectivity index (χ3v) is 5.07. The Kier molecular flexibility index (Phi) is 5.43. The van der Waals surface area contributed by atoms with E-state index in [0.717, 1.165) is 16.1 Å². The van der Waals surface area contributed by atoms with Crippen LogP contribution in [0, 0.1) is 13.5 Å². The molecular formula is C21H14BrF3N2O. The molecule has 0 unspecified atom stereocenters. The molecule has 0 atom stereocenters. The molecule has 0 amide bonds. The number of pyridine rings is 1. The Labute approximate surface area is 168 Å². The fourth-order valence-corrected chi connectivity index (χ4v) is 3.37. The zero-order valence-corrected chi connectivity index (χ0v) is 16.3. The fraction of sp³-hybridized carbons (Fsp3) is 0.143. The number of alkyl halides is 3. The lowest BCUT2D eigenvalue weighted by Gasteiger charge is -2.18. The highest BCUT2D eigenvalue weighted by molar-refractivity contribution is 9.10. The number of rotatable bonds is 3. The maximum absolute atomic E-state index is 13.5. The van der Waals surface area contributed by atoms with E-state index in [1.54, 1.807) is 42.5 Å². The zero-order valence-electron chi connectivity index (χ0n) is 14.7. The summed E-state index contributed by atoms with van der Waals surface area (Å²) in [5.41, 5.74) is -0.940. The average Bonchev–Trinajstić information content (AvgIpc) is 2.63. The Morgan fingerprint density at radius 3 is 2.43 bits per heavy atom. The van der Waals surface area contributed by atoms with Gasteiger partial charge in [0.1, 0.15) is 0 Å². The van der Waals surface area contributed by atoms with Crippen LogP contribution in [0.1, 0.15) is 16.7 Å². The summed E-state index contributed by atoms with van der Waals surface area (Å²) in [7, 11) is 0. The van der Waals surface area contributed by atoms with Gasteiger partial charge in [-0.15, -0.1) is 0 Å². The van der Waals surface area contributed by atoms with Crippen LogP contribution in [0.15, 0.2) is 63.9 Å². The van der Waals surface area contributed by atoms with Crippen molar-refractivity contribution in [1.29, 1.82) is 0 Å². The predicted octanol–water partition coefficient (Wildman–Crippen LogP) is 6.20. The first-order valence-electron chi connectivity index (χ1n) is 8.25. The Morgan fingerprint density at radius 2 is 1.82 bits per heavy atom. The monoisotopic (exact) mass is 446 g/mol. The number of nitrogens with zero attached hydrogens (tertiary/aromatic N) is 2. The molecule has 2 aromatic carbocycles. The van der Waals surface area contributed by atoms with Gasteiger partial charge in [-0.25, -0.2) is 4.85 Å². The van der Waals surface area contributed by atoms with E-state index < -0.39 is 23.0 Å². The van der Waals surface area contributed by atoms with E-state index >= 15 is 0 Å². The van der Waals surface area contributed by atoms with Crippen LogP contribution in [0.3, 0.4) is 0 Å². The highest BCUT2D eigenvalue weighted by Gasteiger charge is 2.36. The molecule has 7 heteroatoms. The van der Waals surface area contributed by atoms with Crippen molar-refractivity contribution >= 4 is 21.6 Å². The summed E-state index contributed by atoms with van der Waals surface area (Å²) in [6.07, 6.45) is -4.80. The van der Waals surface area contributed by atoms with Crippen LogP contribution in [0.2, 0.25) is 0 Å². The minimum atomic E-state index is -4.80. The van der Waals surface area contributed by atoms with E-state index in [9.17, 15) is 18.0 Å². The zero-order chi connectivity index (χ0) is 20.5. The molecule has 3 rings (SSSR count). The van der Waals surface area contributed by atoms with Gasteiger partial charge in [0.15, 0.2) is 0 Å². The van der Waals surface area contributed by atoms with Crippen LogP contribution in [0.5, 0.6) is 0 Å². The standard InChI is InChI=1S/C21H14BrF3N2O/c1-13-6-5-8-14(10-13)18-11-16(21(23,24)25)19(26-2)20(28)27(18)12-15-7-3-4-9-17(15)22/h3-11H,12H2,1H3. The smallest absolute Gasteiger partial charge is 0.313 e. The summed E-state index contributed by atoms with van der Waals surface area (Å²) in [6, 6.07) is 14.9. The summed E-state index contributed by atoms with van der Waals surface area (Å²) < 4.78 is 42.5. The largest absolute Gasteiger partial charge is 0.407 e. The molecule has 0 aliphatic carbocycles. The Hall–Kier alpha value is -2.85. The number of aryl methyl sites for hydroxylation is 1. The molecule has 1 heterocycles. The number of benzene rings is 2. The Morgan fingerprint density at radius 1 is 1.11 bits per heavy atom. The van der Waals surface area contributed by atoms with Crippen molar-refractivity contribution in [3.8, 4) is 11.3 Å². The molecule has 28 heavy (non-hydrogen) atoms. The first-order valence-corrected chi connectivity index (χ1v) is 9.04. The molecule has 3 aromatic rings. The second kappa shape index (κ2) is 7.64. The highest BCUT2D eigenvalue weighted by atomic mass is 79.9. The minimum absolute atomic E-state index is 0.0319. The third-order valence-electron chi connectivity index (χ3n) is 4.29. The van der Waals surface area contributed by atoms with Crippen LogP contribution in [-0.4, -0.2) is 4.57 Å². The van der Waals surface area contributed by atoms with Gasteiger partial charge in [0.05, 0.1) is 18.7 Å². The molecule has 1 aromatic heterocycles. The summed E-state index contributed by atoms with van der Waals surface area (Å²) in [4.78, 5) is 15.8. The molecule has 0 saturated carbocycles. The maximum Gasteiger partial charge on any atom is 0.407 e. The van der Waals surface area contributed by atoms with Gasteiger partial charge < -0.3 is 4.57 Å². The van der Waals surface area contributed by atoms with Crippen molar-refractivity contribution in [2.75, 3.05) is 0 Å². The molecular weight excluding hydrogens is 433 g/mol. The molecule has 0 fully saturated rings. The van der Waals surface area contributed by atoms with Crippen LogP contribution in [0.4, 0.5) is 18.9 Å². The quantitative estimate of drug-likeness (QED) is 0.439. The normalized spacial score (nSPS) is 11.3. The molecule has 3 nitrogen and oxygen atoms in total. The number of halogens is 4. The average molecular weight is 447 g/mol. The molecule has 0 saturated heterocycles. The summed E-state index contributed by atoms with van der Waals surface area (Å²) in [5, 5.41) is 0. The van der Waals surface area contributed by atoms with Crippen molar-refractivity contribution in [3.05, 3.63) is 97.5 Å². The number of hydrogen-bond donors (Lipinski definition) is 0. The first-order chi connectivity index (χ1) is 13.2. The van der Waals surface area contributed by atoms with E-state index in [1.165, 1.54) is 4.57 Å². The first kappa shape index (κ1) is 19.9. The Balaban J connectivity index is 2.35. The predicted molar refractivity (Wildman–Crippen MR) is 105 cm³/mol. The van der Waals surface area contributed by atoms with Gasteiger partial charge in [-0.2, -0.15) is 13.2 Å². The summed E-state index contributed by atoms with van der Waals surface area (Å²) >= 11 is 3.40. The Bertz CT molecular complexity index is 1140. The van der Waals surface area contributed by atoms with Crippen molar-refractivity contribution < 1.29 is 13.2 Å². The molecule has 0 spiro atoms. The maximum atomic E-state index is 13.5. The molecule has 142 valence electrons. The topological polar surface area (TPSA) is 26.4 Å². The van der Waals surface area contributed by atoms with Gasteiger partial charge in [0, 0.05) is 10.2 Å². The van der Waals surface area contributed by atoms with Gasteiger partial charge in [0.25, 0.3) is 11.2 Å².